The summed E-state index contributed by atoms with van der Waals surface area (Å²) in [4.78, 5) is 11.9. The summed E-state index contributed by atoms with van der Waals surface area (Å²) < 4.78 is 10.3. The number of hydrogen-bond acceptors (Lipinski definition) is 4. The van der Waals surface area contributed by atoms with Crippen molar-refractivity contribution in [3.63, 3.8) is 0 Å². The van der Waals surface area contributed by atoms with Gasteiger partial charge in [0.1, 0.15) is 11.5 Å². The van der Waals surface area contributed by atoms with E-state index in [2.05, 4.69) is 10.6 Å². The lowest BCUT2D eigenvalue weighted by molar-refractivity contribution is 0.0953. The number of rotatable bonds is 7. The minimum absolute atomic E-state index is 0.108. The highest BCUT2D eigenvalue weighted by molar-refractivity contribution is 5.94. The van der Waals surface area contributed by atoms with Crippen molar-refractivity contribution in [2.24, 2.45) is 0 Å². The molecule has 0 saturated heterocycles. The van der Waals surface area contributed by atoms with E-state index in [0.717, 1.165) is 5.76 Å². The Hall–Kier alpha value is -2.27. The lowest BCUT2D eigenvalue weighted by Gasteiger charge is -2.07. The Morgan fingerprint density at radius 2 is 2.15 bits per heavy atom. The van der Waals surface area contributed by atoms with E-state index in [1.165, 1.54) is 0 Å². The maximum atomic E-state index is 11.9. The Morgan fingerprint density at radius 3 is 2.90 bits per heavy atom. The highest BCUT2D eigenvalue weighted by Gasteiger charge is 2.05. The Balaban J connectivity index is 1.69. The summed E-state index contributed by atoms with van der Waals surface area (Å²) in [7, 11) is 1.58. The molecule has 5 nitrogen and oxygen atoms in total. The summed E-state index contributed by atoms with van der Waals surface area (Å²) in [6.07, 6.45) is 1.64. The van der Waals surface area contributed by atoms with Gasteiger partial charge in [-0.25, -0.2) is 0 Å². The van der Waals surface area contributed by atoms with Crippen LogP contribution in [0.3, 0.4) is 0 Å². The Bertz CT molecular complexity index is 538. The first-order chi connectivity index (χ1) is 9.79. The zero-order valence-corrected chi connectivity index (χ0v) is 11.4. The van der Waals surface area contributed by atoms with Gasteiger partial charge in [-0.1, -0.05) is 6.07 Å². The van der Waals surface area contributed by atoms with E-state index >= 15 is 0 Å². The highest BCUT2D eigenvalue weighted by Crippen LogP contribution is 2.12. The van der Waals surface area contributed by atoms with Crippen LogP contribution in [0.15, 0.2) is 47.1 Å². The second-order valence-corrected chi connectivity index (χ2v) is 4.24. The maximum absolute atomic E-state index is 11.9. The first-order valence-corrected chi connectivity index (χ1v) is 6.45. The quantitative estimate of drug-likeness (QED) is 0.756. The second-order valence-electron chi connectivity index (χ2n) is 4.24. The van der Waals surface area contributed by atoms with E-state index in [-0.39, 0.29) is 5.91 Å². The molecule has 1 amide bonds. The predicted molar refractivity (Wildman–Crippen MR) is 75.7 cm³/mol. The molecule has 0 aliphatic carbocycles. The molecule has 1 aromatic carbocycles. The smallest absolute Gasteiger partial charge is 0.251 e. The van der Waals surface area contributed by atoms with Crippen LogP contribution in [0.2, 0.25) is 0 Å². The van der Waals surface area contributed by atoms with E-state index in [1.807, 2.05) is 18.2 Å². The van der Waals surface area contributed by atoms with Crippen LogP contribution in [-0.2, 0) is 6.54 Å². The van der Waals surface area contributed by atoms with Crippen molar-refractivity contribution < 1.29 is 13.9 Å². The molecule has 2 N–H and O–H groups in total. The van der Waals surface area contributed by atoms with Crippen LogP contribution in [0.1, 0.15) is 16.1 Å². The summed E-state index contributed by atoms with van der Waals surface area (Å²) in [5.74, 6) is 1.45. The lowest BCUT2D eigenvalue weighted by atomic mass is 10.2. The summed E-state index contributed by atoms with van der Waals surface area (Å²) in [6.45, 7) is 1.88. The topological polar surface area (TPSA) is 63.5 Å². The molecule has 0 fully saturated rings. The zero-order chi connectivity index (χ0) is 14.2. The number of furan rings is 1. The minimum Gasteiger partial charge on any atom is -0.497 e. The van der Waals surface area contributed by atoms with Gasteiger partial charge in [0.15, 0.2) is 0 Å². The van der Waals surface area contributed by atoms with Crippen molar-refractivity contribution in [2.75, 3.05) is 20.2 Å². The average molecular weight is 274 g/mol. The van der Waals surface area contributed by atoms with Crippen LogP contribution < -0.4 is 15.4 Å². The Kier molecular flexibility index (Phi) is 5.20. The van der Waals surface area contributed by atoms with Crippen LogP contribution in [0.25, 0.3) is 0 Å². The van der Waals surface area contributed by atoms with Crippen LogP contribution >= 0.6 is 0 Å². The standard InChI is InChI=1S/C15H18N2O3/c1-19-13-5-2-4-12(10-13)15(18)17-8-7-16-11-14-6-3-9-20-14/h2-6,9-10,16H,7-8,11H2,1H3,(H,17,18). The van der Waals surface area contributed by atoms with E-state index < -0.39 is 0 Å². The Labute approximate surface area is 117 Å². The summed E-state index contributed by atoms with van der Waals surface area (Å²) in [5, 5.41) is 6.03. The molecule has 0 radical (unpaired) electrons. The van der Waals surface area contributed by atoms with E-state index in [0.29, 0.717) is 30.9 Å². The van der Waals surface area contributed by atoms with Gasteiger partial charge in [0.2, 0.25) is 0 Å². The molecule has 5 heteroatoms. The molecule has 1 aromatic heterocycles. The van der Waals surface area contributed by atoms with Gasteiger partial charge in [-0.05, 0) is 30.3 Å². The molecular formula is C15H18N2O3. The fourth-order valence-electron chi connectivity index (χ4n) is 1.76. The third-order valence-electron chi connectivity index (χ3n) is 2.80. The van der Waals surface area contributed by atoms with Crippen molar-refractivity contribution in [2.45, 2.75) is 6.54 Å². The van der Waals surface area contributed by atoms with Crippen molar-refractivity contribution in [1.29, 1.82) is 0 Å². The van der Waals surface area contributed by atoms with Crippen LogP contribution in [-0.4, -0.2) is 26.1 Å². The van der Waals surface area contributed by atoms with Crippen LogP contribution in [0, 0.1) is 0 Å². The molecular weight excluding hydrogens is 256 g/mol. The first kappa shape index (κ1) is 14.1. The van der Waals surface area contributed by atoms with Crippen molar-refractivity contribution in [3.8, 4) is 5.75 Å². The summed E-state index contributed by atoms with van der Waals surface area (Å²) in [6, 6.07) is 10.8. The SMILES string of the molecule is COc1cccc(C(=O)NCCNCc2ccco2)c1. The Morgan fingerprint density at radius 1 is 1.25 bits per heavy atom. The second kappa shape index (κ2) is 7.35. The first-order valence-electron chi connectivity index (χ1n) is 6.45. The van der Waals surface area contributed by atoms with E-state index in [1.54, 1.807) is 31.6 Å². The van der Waals surface area contributed by atoms with Crippen molar-refractivity contribution in [1.82, 2.24) is 10.6 Å². The number of benzene rings is 1. The third kappa shape index (κ3) is 4.13. The third-order valence-corrected chi connectivity index (χ3v) is 2.80. The number of amides is 1. The molecule has 0 saturated carbocycles. The van der Waals surface area contributed by atoms with Gasteiger partial charge in [-0.15, -0.1) is 0 Å². The molecule has 1 heterocycles. The molecule has 0 aliphatic heterocycles. The molecule has 2 aromatic rings. The fourth-order valence-corrected chi connectivity index (χ4v) is 1.76. The normalized spacial score (nSPS) is 10.2. The van der Waals surface area contributed by atoms with Gasteiger partial charge >= 0.3 is 0 Å². The van der Waals surface area contributed by atoms with Crippen LogP contribution in [0.4, 0.5) is 0 Å². The predicted octanol–water partition coefficient (Wildman–Crippen LogP) is 1.81. The molecule has 2 rings (SSSR count). The van der Waals surface area contributed by atoms with E-state index in [4.69, 9.17) is 9.15 Å². The number of ether oxygens (including phenoxy) is 1. The molecule has 0 aliphatic rings. The number of carbonyl (C=O) groups excluding carboxylic acids is 1. The lowest BCUT2D eigenvalue weighted by Crippen LogP contribution is -2.31. The highest BCUT2D eigenvalue weighted by atomic mass is 16.5. The molecule has 20 heavy (non-hydrogen) atoms. The van der Waals surface area contributed by atoms with Crippen molar-refractivity contribution in [3.05, 3.63) is 54.0 Å². The van der Waals surface area contributed by atoms with Gasteiger partial charge in [0.25, 0.3) is 5.91 Å². The largest absolute Gasteiger partial charge is 0.497 e. The van der Waals surface area contributed by atoms with Gasteiger partial charge in [-0.2, -0.15) is 0 Å². The molecule has 0 spiro atoms. The number of methoxy groups -OCH3 is 1. The zero-order valence-electron chi connectivity index (χ0n) is 11.4. The monoisotopic (exact) mass is 274 g/mol. The summed E-state index contributed by atoms with van der Waals surface area (Å²) >= 11 is 0. The maximum Gasteiger partial charge on any atom is 0.251 e. The van der Waals surface area contributed by atoms with Gasteiger partial charge in [0, 0.05) is 18.7 Å². The molecule has 106 valence electrons. The van der Waals surface area contributed by atoms with Gasteiger partial charge in [-0.3, -0.25) is 4.79 Å². The van der Waals surface area contributed by atoms with Crippen LogP contribution in [0.5, 0.6) is 5.75 Å². The van der Waals surface area contributed by atoms with E-state index in [9.17, 15) is 4.79 Å². The number of carbonyl (C=O) groups is 1. The molecule has 0 unspecified atom stereocenters. The van der Waals surface area contributed by atoms with Crippen molar-refractivity contribution >= 4 is 5.91 Å². The molecule has 0 bridgehead atoms. The average Bonchev–Trinajstić information content (AvgIpc) is 3.00. The summed E-state index contributed by atoms with van der Waals surface area (Å²) in [5.41, 5.74) is 0.593. The fraction of sp³-hybridized carbons (Fsp3) is 0.267. The number of nitrogens with one attached hydrogen (secondary N) is 2. The number of hydrogen-bond donors (Lipinski definition) is 2. The molecule has 0 atom stereocenters. The minimum atomic E-state index is -0.108. The van der Waals surface area contributed by atoms with Gasteiger partial charge < -0.3 is 19.8 Å². The van der Waals surface area contributed by atoms with Gasteiger partial charge in [0.05, 0.1) is 19.9 Å².